The van der Waals surface area contributed by atoms with Crippen LogP contribution >= 0.6 is 11.6 Å². The van der Waals surface area contributed by atoms with Crippen LogP contribution in [-0.4, -0.2) is 5.11 Å². The number of nitrogens with zero attached hydrogens (tertiary/aromatic N) is 1. The van der Waals surface area contributed by atoms with E-state index < -0.39 is 11.6 Å². The minimum atomic E-state index is -0.789. The second-order valence-electron chi connectivity index (χ2n) is 1.90. The van der Waals surface area contributed by atoms with E-state index in [9.17, 15) is 4.39 Å². The molecule has 0 aliphatic rings. The zero-order chi connectivity index (χ0) is 8.43. The monoisotopic (exact) mass is 171 g/mol. The molecule has 0 aliphatic heterocycles. The van der Waals surface area contributed by atoms with Gasteiger partial charge in [-0.3, -0.25) is 0 Å². The molecule has 0 aromatic heterocycles. The number of rotatable bonds is 0. The molecule has 0 bridgehead atoms. The molecule has 0 atom stereocenters. The standard InChI is InChI=1S/C7H3ClFNO/c8-7-5(9)1-4(3-10)2-6(7)11/h1-2,11H. The Labute approximate surface area is 67.5 Å². The van der Waals surface area contributed by atoms with Gasteiger partial charge < -0.3 is 5.11 Å². The summed E-state index contributed by atoms with van der Waals surface area (Å²) in [6.07, 6.45) is 0. The number of hydrogen-bond acceptors (Lipinski definition) is 2. The molecule has 0 unspecified atom stereocenters. The summed E-state index contributed by atoms with van der Waals surface area (Å²) in [5, 5.41) is 16.8. The Bertz CT molecular complexity index is 309. The van der Waals surface area contributed by atoms with Crippen molar-refractivity contribution < 1.29 is 9.50 Å². The minimum Gasteiger partial charge on any atom is -0.506 e. The van der Waals surface area contributed by atoms with Crippen LogP contribution in [-0.2, 0) is 0 Å². The molecular weight excluding hydrogens is 169 g/mol. The molecule has 1 rings (SSSR count). The van der Waals surface area contributed by atoms with E-state index in [4.69, 9.17) is 22.0 Å². The van der Waals surface area contributed by atoms with Gasteiger partial charge in [-0.25, -0.2) is 4.39 Å². The van der Waals surface area contributed by atoms with Crippen LogP contribution in [0.2, 0.25) is 5.02 Å². The van der Waals surface area contributed by atoms with Crippen molar-refractivity contribution in [3.8, 4) is 11.8 Å². The summed E-state index contributed by atoms with van der Waals surface area (Å²) in [5.74, 6) is -1.20. The highest BCUT2D eigenvalue weighted by Crippen LogP contribution is 2.26. The smallest absolute Gasteiger partial charge is 0.146 e. The average Bonchev–Trinajstić information content (AvgIpc) is 1.99. The molecule has 1 aromatic rings. The molecule has 4 heteroatoms. The predicted molar refractivity (Wildman–Crippen MR) is 37.8 cm³/mol. The van der Waals surface area contributed by atoms with Gasteiger partial charge in [-0.2, -0.15) is 5.26 Å². The molecule has 0 heterocycles. The van der Waals surface area contributed by atoms with E-state index in [2.05, 4.69) is 0 Å². The van der Waals surface area contributed by atoms with Gasteiger partial charge in [0.2, 0.25) is 0 Å². The SMILES string of the molecule is N#Cc1cc(O)c(Cl)c(F)c1. The van der Waals surface area contributed by atoms with Gasteiger partial charge in [0.1, 0.15) is 16.6 Å². The van der Waals surface area contributed by atoms with Crippen molar-refractivity contribution in [1.82, 2.24) is 0 Å². The molecule has 0 spiro atoms. The van der Waals surface area contributed by atoms with E-state index in [1.54, 1.807) is 6.07 Å². The van der Waals surface area contributed by atoms with Gasteiger partial charge in [0.15, 0.2) is 0 Å². The summed E-state index contributed by atoms with van der Waals surface area (Å²) >= 11 is 5.27. The fourth-order valence-corrected chi connectivity index (χ4v) is 0.748. The van der Waals surface area contributed by atoms with E-state index in [0.717, 1.165) is 12.1 Å². The van der Waals surface area contributed by atoms with Crippen molar-refractivity contribution in [2.24, 2.45) is 0 Å². The first-order valence-electron chi connectivity index (χ1n) is 2.73. The van der Waals surface area contributed by atoms with E-state index in [1.807, 2.05) is 0 Å². The lowest BCUT2D eigenvalue weighted by Gasteiger charge is -1.97. The Morgan fingerprint density at radius 2 is 2.18 bits per heavy atom. The second kappa shape index (κ2) is 2.77. The predicted octanol–water partition coefficient (Wildman–Crippen LogP) is 2.06. The Hall–Kier alpha value is -1.27. The lowest BCUT2D eigenvalue weighted by atomic mass is 10.2. The van der Waals surface area contributed by atoms with E-state index in [-0.39, 0.29) is 10.6 Å². The number of aromatic hydroxyl groups is 1. The molecule has 2 nitrogen and oxygen atoms in total. The Kier molecular flexibility index (Phi) is 1.97. The van der Waals surface area contributed by atoms with Gasteiger partial charge >= 0.3 is 0 Å². The number of phenols is 1. The highest BCUT2D eigenvalue weighted by Gasteiger charge is 2.06. The maximum atomic E-state index is 12.6. The molecule has 0 amide bonds. The molecule has 1 N–H and O–H groups in total. The molecule has 0 saturated carbocycles. The third-order valence-electron chi connectivity index (χ3n) is 1.14. The first kappa shape index (κ1) is 7.83. The fraction of sp³-hybridized carbons (Fsp3) is 0. The lowest BCUT2D eigenvalue weighted by molar-refractivity contribution is 0.469. The number of halogens is 2. The third kappa shape index (κ3) is 1.41. The summed E-state index contributed by atoms with van der Waals surface area (Å²) in [6, 6.07) is 3.74. The molecule has 56 valence electrons. The first-order chi connectivity index (χ1) is 5.15. The average molecular weight is 172 g/mol. The molecule has 11 heavy (non-hydrogen) atoms. The van der Waals surface area contributed by atoms with Crippen molar-refractivity contribution in [2.75, 3.05) is 0 Å². The zero-order valence-corrected chi connectivity index (χ0v) is 6.06. The summed E-state index contributed by atoms with van der Waals surface area (Å²) < 4.78 is 12.6. The highest BCUT2D eigenvalue weighted by atomic mass is 35.5. The zero-order valence-electron chi connectivity index (χ0n) is 5.31. The van der Waals surface area contributed by atoms with Crippen molar-refractivity contribution in [3.05, 3.63) is 28.5 Å². The van der Waals surface area contributed by atoms with Crippen molar-refractivity contribution >= 4 is 11.6 Å². The number of hydrogen-bond donors (Lipinski definition) is 1. The molecule has 0 radical (unpaired) electrons. The number of nitriles is 1. The number of benzene rings is 1. The van der Waals surface area contributed by atoms with Gasteiger partial charge in [-0.1, -0.05) is 11.6 Å². The highest BCUT2D eigenvalue weighted by molar-refractivity contribution is 6.32. The van der Waals surface area contributed by atoms with Crippen molar-refractivity contribution in [3.63, 3.8) is 0 Å². The normalized spacial score (nSPS) is 9.18. The van der Waals surface area contributed by atoms with Gasteiger partial charge in [0.25, 0.3) is 0 Å². The van der Waals surface area contributed by atoms with Crippen LogP contribution in [0.1, 0.15) is 5.56 Å². The summed E-state index contributed by atoms with van der Waals surface area (Å²) in [5.41, 5.74) is 0.0457. The second-order valence-corrected chi connectivity index (χ2v) is 2.28. The van der Waals surface area contributed by atoms with Crippen LogP contribution < -0.4 is 0 Å². The summed E-state index contributed by atoms with van der Waals surface area (Å²) in [4.78, 5) is 0. The van der Waals surface area contributed by atoms with Crippen LogP contribution in [0.25, 0.3) is 0 Å². The Morgan fingerprint density at radius 1 is 1.55 bits per heavy atom. The minimum absolute atomic E-state index is 0.0457. The molecule has 0 fully saturated rings. The van der Waals surface area contributed by atoms with E-state index >= 15 is 0 Å². The Balaban J connectivity index is 3.35. The largest absolute Gasteiger partial charge is 0.506 e. The van der Waals surface area contributed by atoms with Crippen LogP contribution in [0.5, 0.6) is 5.75 Å². The lowest BCUT2D eigenvalue weighted by Crippen LogP contribution is -1.81. The molecule has 0 saturated heterocycles. The van der Waals surface area contributed by atoms with Crippen molar-refractivity contribution in [2.45, 2.75) is 0 Å². The molecule has 0 aliphatic carbocycles. The van der Waals surface area contributed by atoms with Gasteiger partial charge in [-0.05, 0) is 12.1 Å². The fourth-order valence-electron chi connectivity index (χ4n) is 0.639. The Morgan fingerprint density at radius 3 is 2.64 bits per heavy atom. The van der Waals surface area contributed by atoms with E-state index in [0.29, 0.717) is 0 Å². The first-order valence-corrected chi connectivity index (χ1v) is 3.11. The maximum Gasteiger partial charge on any atom is 0.146 e. The van der Waals surface area contributed by atoms with Crippen molar-refractivity contribution in [1.29, 1.82) is 5.26 Å². The third-order valence-corrected chi connectivity index (χ3v) is 1.51. The van der Waals surface area contributed by atoms with E-state index in [1.165, 1.54) is 0 Å². The molecular formula is C7H3ClFNO. The van der Waals surface area contributed by atoms with Gasteiger partial charge in [-0.15, -0.1) is 0 Å². The van der Waals surface area contributed by atoms with Gasteiger partial charge in [0, 0.05) is 0 Å². The van der Waals surface area contributed by atoms with Crippen LogP contribution in [0.15, 0.2) is 12.1 Å². The van der Waals surface area contributed by atoms with Crippen LogP contribution in [0.4, 0.5) is 4.39 Å². The van der Waals surface area contributed by atoms with Gasteiger partial charge in [0.05, 0.1) is 11.6 Å². The topological polar surface area (TPSA) is 44.0 Å². The quantitative estimate of drug-likeness (QED) is 0.649. The van der Waals surface area contributed by atoms with Crippen LogP contribution in [0, 0.1) is 17.1 Å². The number of phenolic OH excluding ortho intramolecular Hbond substituents is 1. The van der Waals surface area contributed by atoms with Crippen LogP contribution in [0.3, 0.4) is 0 Å². The molecule has 1 aromatic carbocycles. The summed E-state index contributed by atoms with van der Waals surface area (Å²) in [7, 11) is 0. The maximum absolute atomic E-state index is 12.6. The summed E-state index contributed by atoms with van der Waals surface area (Å²) in [6.45, 7) is 0.